The molecule has 2 atom stereocenters. The topological polar surface area (TPSA) is 66.5 Å². The lowest BCUT2D eigenvalue weighted by Crippen LogP contribution is -2.50. The van der Waals surface area contributed by atoms with Crippen LogP contribution in [0.4, 0.5) is 8.78 Å². The maximum absolute atomic E-state index is 13.2. The number of hydrogen-bond acceptors (Lipinski definition) is 3. The molecule has 1 fully saturated rings. The van der Waals surface area contributed by atoms with Gasteiger partial charge in [0.05, 0.1) is 10.8 Å². The van der Waals surface area contributed by atoms with Crippen LogP contribution in [0.1, 0.15) is 19.8 Å². The minimum atomic E-state index is -1.74. The monoisotopic (exact) mass is 344 g/mol. The molecule has 1 aliphatic rings. The summed E-state index contributed by atoms with van der Waals surface area (Å²) in [7, 11) is -1.74. The van der Waals surface area contributed by atoms with Crippen LogP contribution in [0, 0.1) is 11.6 Å². The largest absolute Gasteiger partial charge is 0.352 e. The number of carbonyl (C=O) groups excluding carboxylic acids is 2. The van der Waals surface area contributed by atoms with Crippen LogP contribution in [0.5, 0.6) is 0 Å². The summed E-state index contributed by atoms with van der Waals surface area (Å²) in [6.45, 7) is 2.32. The van der Waals surface area contributed by atoms with Gasteiger partial charge in [-0.15, -0.1) is 0 Å². The Kier molecular flexibility index (Phi) is 5.81. The van der Waals surface area contributed by atoms with Crippen LogP contribution in [0.2, 0.25) is 0 Å². The number of carbonyl (C=O) groups is 2. The number of likely N-dealkylation sites (tertiary alicyclic amines) is 1. The number of piperidine rings is 1. The Balaban J connectivity index is 1.96. The van der Waals surface area contributed by atoms with Crippen molar-refractivity contribution in [2.45, 2.75) is 30.7 Å². The highest BCUT2D eigenvalue weighted by Gasteiger charge is 2.25. The molecule has 2 amide bonds. The zero-order valence-electron chi connectivity index (χ0n) is 12.7. The molecule has 0 aromatic heterocycles. The van der Waals surface area contributed by atoms with E-state index in [0.717, 1.165) is 25.0 Å². The first-order chi connectivity index (χ1) is 10.9. The van der Waals surface area contributed by atoms with Crippen molar-refractivity contribution in [1.29, 1.82) is 0 Å². The van der Waals surface area contributed by atoms with Gasteiger partial charge in [-0.05, 0) is 31.0 Å². The summed E-state index contributed by atoms with van der Waals surface area (Å²) in [6, 6.07) is 2.83. The lowest BCUT2D eigenvalue weighted by atomic mass is 10.1. The van der Waals surface area contributed by atoms with E-state index < -0.39 is 22.4 Å². The van der Waals surface area contributed by atoms with Crippen molar-refractivity contribution in [3.05, 3.63) is 29.8 Å². The molecule has 0 saturated carbocycles. The van der Waals surface area contributed by atoms with E-state index in [4.69, 9.17) is 0 Å². The van der Waals surface area contributed by atoms with Gasteiger partial charge in [0.1, 0.15) is 5.75 Å². The fourth-order valence-corrected chi connectivity index (χ4v) is 3.54. The van der Waals surface area contributed by atoms with Gasteiger partial charge < -0.3 is 10.2 Å². The van der Waals surface area contributed by atoms with Gasteiger partial charge in [0, 0.05) is 31.0 Å². The number of amides is 2. The molecule has 23 heavy (non-hydrogen) atoms. The Bertz CT molecular complexity index is 639. The molecular weight excluding hydrogens is 326 g/mol. The second-order valence-corrected chi connectivity index (χ2v) is 6.90. The summed E-state index contributed by atoms with van der Waals surface area (Å²) in [4.78, 5) is 24.9. The van der Waals surface area contributed by atoms with Crippen molar-refractivity contribution in [2.75, 3.05) is 18.8 Å². The first kappa shape index (κ1) is 17.5. The Morgan fingerprint density at radius 3 is 2.74 bits per heavy atom. The van der Waals surface area contributed by atoms with E-state index in [0.29, 0.717) is 13.1 Å². The SMILES string of the molecule is CC(=O)N[C@H]1CCCN(C(=O)C[S@@](=O)c2ccc(F)c(F)c2)C1. The summed E-state index contributed by atoms with van der Waals surface area (Å²) in [5.74, 6) is -2.89. The molecule has 1 aliphatic heterocycles. The van der Waals surface area contributed by atoms with E-state index in [9.17, 15) is 22.6 Å². The molecule has 0 radical (unpaired) electrons. The van der Waals surface area contributed by atoms with Crippen LogP contribution in [-0.2, 0) is 20.4 Å². The second kappa shape index (κ2) is 7.63. The molecule has 0 bridgehead atoms. The molecule has 1 N–H and O–H groups in total. The van der Waals surface area contributed by atoms with Gasteiger partial charge in [0.15, 0.2) is 11.6 Å². The summed E-state index contributed by atoms with van der Waals surface area (Å²) in [6.07, 6.45) is 1.53. The molecule has 1 aromatic carbocycles. The van der Waals surface area contributed by atoms with Crippen molar-refractivity contribution < 1.29 is 22.6 Å². The Morgan fingerprint density at radius 2 is 2.09 bits per heavy atom. The van der Waals surface area contributed by atoms with Gasteiger partial charge in [-0.3, -0.25) is 13.8 Å². The molecule has 1 heterocycles. The molecular formula is C15H18F2N2O3S. The number of halogens is 2. The molecule has 1 aromatic rings. The van der Waals surface area contributed by atoms with Gasteiger partial charge in [-0.2, -0.15) is 0 Å². The van der Waals surface area contributed by atoms with Crippen molar-refractivity contribution in [1.82, 2.24) is 10.2 Å². The zero-order valence-corrected chi connectivity index (χ0v) is 13.5. The van der Waals surface area contributed by atoms with Crippen LogP contribution in [0.25, 0.3) is 0 Å². The highest BCUT2D eigenvalue weighted by Crippen LogP contribution is 2.15. The third-order valence-corrected chi connectivity index (χ3v) is 4.88. The lowest BCUT2D eigenvalue weighted by molar-refractivity contribution is -0.130. The first-order valence-corrected chi connectivity index (χ1v) is 8.57. The Labute approximate surface area is 135 Å². The average Bonchev–Trinajstić information content (AvgIpc) is 2.49. The molecule has 5 nitrogen and oxygen atoms in total. The molecule has 8 heteroatoms. The summed E-state index contributed by atoms with van der Waals surface area (Å²) >= 11 is 0. The average molecular weight is 344 g/mol. The van der Waals surface area contributed by atoms with Gasteiger partial charge >= 0.3 is 0 Å². The number of nitrogens with one attached hydrogen (secondary N) is 1. The molecule has 0 spiro atoms. The highest BCUT2D eigenvalue weighted by atomic mass is 32.2. The third-order valence-electron chi connectivity index (χ3n) is 3.59. The fraction of sp³-hybridized carbons (Fsp3) is 0.467. The van der Waals surface area contributed by atoms with E-state index in [-0.39, 0.29) is 28.5 Å². The summed E-state index contributed by atoms with van der Waals surface area (Å²) in [5, 5.41) is 2.77. The Morgan fingerprint density at radius 1 is 1.35 bits per heavy atom. The van der Waals surface area contributed by atoms with Crippen molar-refractivity contribution >= 4 is 22.6 Å². The molecule has 2 rings (SSSR count). The maximum atomic E-state index is 13.2. The maximum Gasteiger partial charge on any atom is 0.235 e. The zero-order chi connectivity index (χ0) is 17.0. The van der Waals surface area contributed by atoms with E-state index in [1.165, 1.54) is 13.0 Å². The molecule has 0 unspecified atom stereocenters. The predicted molar refractivity (Wildman–Crippen MR) is 81.1 cm³/mol. The third kappa shape index (κ3) is 4.82. The molecule has 0 aliphatic carbocycles. The van der Waals surface area contributed by atoms with Crippen molar-refractivity contribution in [3.8, 4) is 0 Å². The number of hydrogen-bond donors (Lipinski definition) is 1. The van der Waals surface area contributed by atoms with Gasteiger partial charge in [0.2, 0.25) is 11.8 Å². The minimum absolute atomic E-state index is 0.0765. The quantitative estimate of drug-likeness (QED) is 0.893. The van der Waals surface area contributed by atoms with Gasteiger partial charge in [-0.25, -0.2) is 8.78 Å². The van der Waals surface area contributed by atoms with E-state index in [2.05, 4.69) is 5.32 Å². The van der Waals surface area contributed by atoms with Crippen LogP contribution in [-0.4, -0.2) is 45.8 Å². The van der Waals surface area contributed by atoms with Gasteiger partial charge in [-0.1, -0.05) is 0 Å². The highest BCUT2D eigenvalue weighted by molar-refractivity contribution is 7.85. The smallest absolute Gasteiger partial charge is 0.235 e. The van der Waals surface area contributed by atoms with Crippen molar-refractivity contribution in [2.24, 2.45) is 0 Å². The first-order valence-electron chi connectivity index (χ1n) is 7.25. The van der Waals surface area contributed by atoms with Crippen LogP contribution >= 0.6 is 0 Å². The van der Waals surface area contributed by atoms with Crippen molar-refractivity contribution in [3.63, 3.8) is 0 Å². The normalized spacial score (nSPS) is 19.3. The minimum Gasteiger partial charge on any atom is -0.352 e. The summed E-state index contributed by atoms with van der Waals surface area (Å²) < 4.78 is 38.2. The fourth-order valence-electron chi connectivity index (χ4n) is 2.51. The number of nitrogens with zero attached hydrogens (tertiary/aromatic N) is 1. The predicted octanol–water partition coefficient (Wildman–Crippen LogP) is 1.20. The van der Waals surface area contributed by atoms with Crippen LogP contribution < -0.4 is 5.32 Å². The van der Waals surface area contributed by atoms with E-state index in [1.54, 1.807) is 4.90 Å². The lowest BCUT2D eigenvalue weighted by Gasteiger charge is -2.33. The molecule has 126 valence electrons. The van der Waals surface area contributed by atoms with E-state index in [1.807, 2.05) is 0 Å². The Hall–Kier alpha value is -1.83. The second-order valence-electron chi connectivity index (χ2n) is 5.45. The summed E-state index contributed by atoms with van der Waals surface area (Å²) in [5.41, 5.74) is 0. The van der Waals surface area contributed by atoms with Crippen LogP contribution in [0.15, 0.2) is 23.1 Å². The number of rotatable bonds is 4. The molecule has 1 saturated heterocycles. The van der Waals surface area contributed by atoms with Crippen LogP contribution in [0.3, 0.4) is 0 Å². The van der Waals surface area contributed by atoms with Gasteiger partial charge in [0.25, 0.3) is 0 Å². The number of benzene rings is 1. The standard InChI is InChI=1S/C15H18F2N2O3S/c1-10(20)18-11-3-2-6-19(8-11)15(21)9-23(22)12-4-5-13(16)14(17)7-12/h4-5,7,11H,2-3,6,8-9H2,1H3,(H,18,20)/t11-,23+/m0/s1. The van der Waals surface area contributed by atoms with E-state index >= 15 is 0 Å².